The summed E-state index contributed by atoms with van der Waals surface area (Å²) in [5.74, 6) is 0.482. The van der Waals surface area contributed by atoms with E-state index in [1.807, 2.05) is 0 Å². The Morgan fingerprint density at radius 3 is 1.76 bits per heavy atom. The number of rotatable bonds is 8. The van der Waals surface area contributed by atoms with Gasteiger partial charge in [-0.1, -0.05) is 53.7 Å². The van der Waals surface area contributed by atoms with Crippen LogP contribution in [0.4, 0.5) is 18.9 Å². The minimum absolute atomic E-state index is 0.172. The van der Waals surface area contributed by atoms with Crippen LogP contribution in [0.25, 0.3) is 0 Å². The fourth-order valence-electron chi connectivity index (χ4n) is 5.43. The molecule has 1 fully saturated rings. The first-order valence-electron chi connectivity index (χ1n) is 11.7. The Hall–Kier alpha value is -2.32. The summed E-state index contributed by atoms with van der Waals surface area (Å²) in [5.41, 5.74) is 1.36. The lowest BCUT2D eigenvalue weighted by Gasteiger charge is -2.53. The highest BCUT2D eigenvalue weighted by Crippen LogP contribution is 2.49. The number of methoxy groups -OCH3 is 1. The molecule has 1 saturated heterocycles. The fourth-order valence-corrected chi connectivity index (χ4v) is 10.9. The molecule has 0 N–H and O–H groups in total. The first-order valence-corrected chi connectivity index (χ1v) is 13.8. The maximum absolute atomic E-state index is 13.5. The number of nitrogens with zero attached hydrogens (tertiary/aromatic N) is 1. The van der Waals surface area contributed by atoms with Gasteiger partial charge in [0.15, 0.2) is 0 Å². The highest BCUT2D eigenvalue weighted by molar-refractivity contribution is 6.77. The van der Waals surface area contributed by atoms with Gasteiger partial charge in [-0.15, -0.1) is 0 Å². The monoisotopic (exact) mass is 493 g/mol. The molecule has 1 aliphatic rings. The molecule has 3 rings (SSSR count). The molecule has 1 amide bonds. The van der Waals surface area contributed by atoms with E-state index in [0.29, 0.717) is 17.0 Å². The van der Waals surface area contributed by atoms with Gasteiger partial charge in [0.05, 0.1) is 18.7 Å². The molecule has 2 atom stereocenters. The van der Waals surface area contributed by atoms with E-state index in [1.54, 1.807) is 36.3 Å². The largest absolute Gasteiger partial charge is 0.497 e. The van der Waals surface area contributed by atoms with Crippen LogP contribution in [-0.2, 0) is 15.4 Å². The van der Waals surface area contributed by atoms with Gasteiger partial charge in [0.2, 0.25) is 8.32 Å². The number of halogens is 3. The molecular formula is C26H34F3NO3Si. The predicted molar refractivity (Wildman–Crippen MR) is 131 cm³/mol. The van der Waals surface area contributed by atoms with Gasteiger partial charge in [-0.3, -0.25) is 9.69 Å². The number of hydrogen-bond donors (Lipinski definition) is 0. The molecule has 0 aliphatic carbocycles. The van der Waals surface area contributed by atoms with Crippen molar-refractivity contribution in [1.29, 1.82) is 0 Å². The van der Waals surface area contributed by atoms with Gasteiger partial charge in [0.1, 0.15) is 11.9 Å². The zero-order valence-corrected chi connectivity index (χ0v) is 21.8. The molecule has 34 heavy (non-hydrogen) atoms. The average molecular weight is 494 g/mol. The van der Waals surface area contributed by atoms with Crippen molar-refractivity contribution in [3.8, 4) is 5.75 Å². The van der Waals surface area contributed by atoms with Crippen molar-refractivity contribution in [1.82, 2.24) is 0 Å². The highest BCUT2D eigenvalue weighted by Gasteiger charge is 2.56. The topological polar surface area (TPSA) is 38.8 Å². The number of anilines is 1. The van der Waals surface area contributed by atoms with E-state index in [-0.39, 0.29) is 22.5 Å². The number of alkyl halides is 3. The zero-order chi connectivity index (χ0) is 25.4. The molecule has 0 radical (unpaired) electrons. The van der Waals surface area contributed by atoms with Gasteiger partial charge < -0.3 is 9.16 Å². The van der Waals surface area contributed by atoms with Crippen LogP contribution in [-0.4, -0.2) is 27.4 Å². The van der Waals surface area contributed by atoms with Gasteiger partial charge in [-0.2, -0.15) is 13.2 Å². The van der Waals surface area contributed by atoms with Crippen molar-refractivity contribution in [3.63, 3.8) is 0 Å². The maximum atomic E-state index is 13.5. The standard InChI is InChI=1S/C26H34F3NO3Si/c1-16(2)34(17(3)4,18(5)6)33-24-23(19-8-10-20(11-9-19)26(27,28)29)30(25(24)31)21-12-14-22(32-7)15-13-21/h8-18,23-24H,1-7H3. The molecular weight excluding hydrogens is 459 g/mol. The third kappa shape index (κ3) is 4.62. The Balaban J connectivity index is 2.05. The smallest absolute Gasteiger partial charge is 0.416 e. The second-order valence-electron chi connectivity index (χ2n) is 9.83. The summed E-state index contributed by atoms with van der Waals surface area (Å²) in [7, 11) is -0.848. The predicted octanol–water partition coefficient (Wildman–Crippen LogP) is 7.36. The van der Waals surface area contributed by atoms with Crippen LogP contribution < -0.4 is 9.64 Å². The first-order chi connectivity index (χ1) is 15.8. The SMILES string of the molecule is COc1ccc(N2C(=O)C(O[Si](C(C)C)(C(C)C)C(C)C)C2c2ccc(C(F)(F)F)cc2)cc1. The van der Waals surface area contributed by atoms with Crippen LogP contribution in [0.3, 0.4) is 0 Å². The number of carbonyl (C=O) groups is 1. The highest BCUT2D eigenvalue weighted by atomic mass is 28.4. The first kappa shape index (κ1) is 26.3. The number of amides is 1. The molecule has 4 nitrogen and oxygen atoms in total. The van der Waals surface area contributed by atoms with Crippen molar-refractivity contribution in [2.24, 2.45) is 0 Å². The van der Waals surface area contributed by atoms with Gasteiger partial charge in [-0.25, -0.2) is 0 Å². The average Bonchev–Trinajstić information content (AvgIpc) is 2.77. The van der Waals surface area contributed by atoms with E-state index in [4.69, 9.17) is 9.16 Å². The van der Waals surface area contributed by atoms with Gasteiger partial charge >= 0.3 is 6.18 Å². The fraction of sp³-hybridized carbons (Fsp3) is 0.500. The van der Waals surface area contributed by atoms with E-state index in [2.05, 4.69) is 41.5 Å². The Bertz CT molecular complexity index is 966. The third-order valence-electron chi connectivity index (χ3n) is 7.01. The summed E-state index contributed by atoms with van der Waals surface area (Å²) in [6.45, 7) is 12.9. The number of benzene rings is 2. The lowest BCUT2D eigenvalue weighted by Crippen LogP contribution is -2.65. The van der Waals surface area contributed by atoms with Crippen LogP contribution in [0, 0.1) is 0 Å². The molecule has 2 aromatic carbocycles. The van der Waals surface area contributed by atoms with E-state index >= 15 is 0 Å². The van der Waals surface area contributed by atoms with Crippen molar-refractivity contribution < 1.29 is 27.1 Å². The molecule has 0 bridgehead atoms. The minimum Gasteiger partial charge on any atom is -0.497 e. The van der Waals surface area contributed by atoms with E-state index in [1.165, 1.54) is 12.1 Å². The lowest BCUT2D eigenvalue weighted by atomic mass is 9.89. The summed E-state index contributed by atoms with van der Waals surface area (Å²) in [5, 5.41) is 0. The Labute approximate surface area is 201 Å². The van der Waals surface area contributed by atoms with Crippen LogP contribution in [0.15, 0.2) is 48.5 Å². The summed E-state index contributed by atoms with van der Waals surface area (Å²) in [6, 6.07) is 11.6. The van der Waals surface area contributed by atoms with Crippen LogP contribution in [0.2, 0.25) is 16.6 Å². The van der Waals surface area contributed by atoms with Crippen molar-refractivity contribution in [2.45, 2.75) is 76.5 Å². The van der Waals surface area contributed by atoms with Crippen molar-refractivity contribution >= 4 is 19.9 Å². The molecule has 0 spiro atoms. The van der Waals surface area contributed by atoms with E-state index in [0.717, 1.165) is 12.1 Å². The van der Waals surface area contributed by atoms with E-state index < -0.39 is 32.2 Å². The Kier molecular flexibility index (Phi) is 7.53. The lowest BCUT2D eigenvalue weighted by molar-refractivity contribution is -0.138. The minimum atomic E-state index is -4.42. The molecule has 186 valence electrons. The van der Waals surface area contributed by atoms with Crippen LogP contribution >= 0.6 is 0 Å². The summed E-state index contributed by atoms with van der Waals surface area (Å²) in [6.07, 6.45) is -5.16. The Morgan fingerprint density at radius 1 is 0.853 bits per heavy atom. The zero-order valence-electron chi connectivity index (χ0n) is 20.8. The van der Waals surface area contributed by atoms with Crippen molar-refractivity contribution in [3.05, 3.63) is 59.7 Å². The quantitative estimate of drug-likeness (QED) is 0.285. The maximum Gasteiger partial charge on any atom is 0.416 e. The normalized spacial score (nSPS) is 19.2. The number of hydrogen-bond acceptors (Lipinski definition) is 3. The van der Waals surface area contributed by atoms with Gasteiger partial charge in [0.25, 0.3) is 5.91 Å². The Morgan fingerprint density at radius 2 is 1.35 bits per heavy atom. The number of β-lactam (4-membered cyclic amide) rings is 1. The van der Waals surface area contributed by atoms with Gasteiger partial charge in [0, 0.05) is 5.69 Å². The molecule has 8 heteroatoms. The van der Waals surface area contributed by atoms with E-state index in [9.17, 15) is 18.0 Å². The third-order valence-corrected chi connectivity index (χ3v) is 13.1. The summed E-state index contributed by atoms with van der Waals surface area (Å²) >= 11 is 0. The second kappa shape index (κ2) is 9.74. The molecule has 0 saturated carbocycles. The molecule has 0 aromatic heterocycles. The molecule has 2 aromatic rings. The molecule has 2 unspecified atom stereocenters. The van der Waals surface area contributed by atoms with Gasteiger partial charge in [-0.05, 0) is 58.6 Å². The molecule has 1 heterocycles. The van der Waals surface area contributed by atoms with Crippen LogP contribution in [0.5, 0.6) is 5.75 Å². The number of carbonyl (C=O) groups excluding carboxylic acids is 1. The second-order valence-corrected chi connectivity index (χ2v) is 15.2. The van der Waals surface area contributed by atoms with Crippen molar-refractivity contribution in [2.75, 3.05) is 12.0 Å². The number of ether oxygens (including phenoxy) is 1. The summed E-state index contributed by atoms with van der Waals surface area (Å²) < 4.78 is 51.5. The summed E-state index contributed by atoms with van der Waals surface area (Å²) in [4.78, 5) is 15.1. The van der Waals surface area contributed by atoms with Crippen LogP contribution in [0.1, 0.15) is 58.7 Å². The molecule has 1 aliphatic heterocycles.